The number of aliphatic hydroxyl groups is 3. The molecule has 3 heterocycles. The molecule has 0 aromatic carbocycles. The number of likely N-dealkylation sites (tertiary alicyclic amines) is 1. The zero-order chi connectivity index (χ0) is 39.7. The number of ether oxygens (including phenoxy) is 2. The van der Waals surface area contributed by atoms with E-state index in [9.17, 15) is 57.3 Å². The zero-order valence-corrected chi connectivity index (χ0v) is 30.6. The minimum Gasteiger partial charge on any atom is -0.388 e. The zero-order valence-electron chi connectivity index (χ0n) is 29.7. The summed E-state index contributed by atoms with van der Waals surface area (Å²) in [6, 6.07) is 0. The predicted molar refractivity (Wildman–Crippen MR) is 180 cm³/mol. The van der Waals surface area contributed by atoms with Crippen LogP contribution < -0.4 is 10.6 Å². The first-order chi connectivity index (χ1) is 25.5. The van der Waals surface area contributed by atoms with Crippen LogP contribution >= 0.6 is 0 Å². The van der Waals surface area contributed by atoms with E-state index in [0.29, 0.717) is 25.7 Å². The van der Waals surface area contributed by atoms with Crippen molar-refractivity contribution in [2.75, 3.05) is 26.2 Å². The molecular formula is C33H48N4O16S. The van der Waals surface area contributed by atoms with Crippen molar-refractivity contribution >= 4 is 51.5 Å². The third-order valence-corrected chi connectivity index (χ3v) is 10.9. The van der Waals surface area contributed by atoms with Crippen LogP contribution in [0.3, 0.4) is 0 Å². The van der Waals surface area contributed by atoms with E-state index in [4.69, 9.17) is 14.0 Å². The number of nitrogens with one attached hydrogen (secondary N) is 2. The van der Waals surface area contributed by atoms with Gasteiger partial charge in [0.2, 0.25) is 23.6 Å². The third kappa shape index (κ3) is 10.9. The Morgan fingerprint density at radius 2 is 1.57 bits per heavy atom. The second-order valence-corrected chi connectivity index (χ2v) is 15.3. The second kappa shape index (κ2) is 19.1. The Morgan fingerprint density at radius 3 is 2.24 bits per heavy atom. The van der Waals surface area contributed by atoms with Gasteiger partial charge in [0.15, 0.2) is 11.5 Å². The number of allylic oxidation sites excluding steroid dienone is 2. The van der Waals surface area contributed by atoms with E-state index < -0.39 is 106 Å². The number of hydrogen-bond acceptors (Lipinski definition) is 15. The molecule has 6 N–H and O–H groups in total. The SMILES string of the molecule is C[C@@H]1O[C@@H](OCCCCCC(=O)NCCNC(=O)CCC2C=CCC3C(=O)N(CCCC(=O)ON4C(=O)CC(S(=O)(=O)O)C4=O)C(=O)C23)[C@H](O)[C@H](O)[C@H]1O. The maximum absolute atomic E-state index is 13.3. The number of fused-ring (bicyclic) bond motifs is 1. The van der Waals surface area contributed by atoms with Crippen LogP contribution in [0.15, 0.2) is 12.2 Å². The highest BCUT2D eigenvalue weighted by Crippen LogP contribution is 2.40. The van der Waals surface area contributed by atoms with E-state index in [1.165, 1.54) is 0 Å². The first-order valence-corrected chi connectivity index (χ1v) is 19.4. The van der Waals surface area contributed by atoms with Crippen molar-refractivity contribution in [1.82, 2.24) is 20.6 Å². The number of carbonyl (C=O) groups is 7. The van der Waals surface area contributed by atoms with Crippen LogP contribution in [0.5, 0.6) is 0 Å². The summed E-state index contributed by atoms with van der Waals surface area (Å²) in [5.74, 6) is -6.69. The van der Waals surface area contributed by atoms with Crippen LogP contribution in [0, 0.1) is 17.8 Å². The molecule has 0 bridgehead atoms. The van der Waals surface area contributed by atoms with Crippen LogP contribution in [0.1, 0.15) is 71.1 Å². The van der Waals surface area contributed by atoms with Gasteiger partial charge in [-0.2, -0.15) is 8.42 Å². The lowest BCUT2D eigenvalue weighted by Crippen LogP contribution is -2.57. The molecule has 6 amide bonds. The summed E-state index contributed by atoms with van der Waals surface area (Å²) in [5.41, 5.74) is 0. The molecule has 0 radical (unpaired) electrons. The molecule has 21 heteroatoms. The molecule has 3 saturated heterocycles. The van der Waals surface area contributed by atoms with Gasteiger partial charge in [0, 0.05) is 45.5 Å². The molecular weight excluding hydrogens is 740 g/mol. The molecule has 1 aliphatic carbocycles. The third-order valence-electron chi connectivity index (χ3n) is 9.79. The maximum Gasteiger partial charge on any atom is 0.333 e. The van der Waals surface area contributed by atoms with Gasteiger partial charge >= 0.3 is 5.97 Å². The van der Waals surface area contributed by atoms with Crippen molar-refractivity contribution in [3.05, 3.63) is 12.2 Å². The lowest BCUT2D eigenvalue weighted by Gasteiger charge is -2.38. The summed E-state index contributed by atoms with van der Waals surface area (Å²) in [4.78, 5) is 93.0. The van der Waals surface area contributed by atoms with Gasteiger partial charge in [-0.15, -0.1) is 5.06 Å². The summed E-state index contributed by atoms with van der Waals surface area (Å²) in [6.07, 6.45) is -0.744. The second-order valence-electron chi connectivity index (χ2n) is 13.7. The first kappa shape index (κ1) is 42.9. The van der Waals surface area contributed by atoms with Crippen LogP contribution in [-0.4, -0.2) is 142 Å². The van der Waals surface area contributed by atoms with Gasteiger partial charge in [-0.25, -0.2) is 4.79 Å². The Kier molecular flexibility index (Phi) is 15.2. The van der Waals surface area contributed by atoms with Gasteiger partial charge in [0.25, 0.3) is 21.9 Å². The van der Waals surface area contributed by atoms with Crippen LogP contribution in [0.25, 0.3) is 0 Å². The van der Waals surface area contributed by atoms with Crippen LogP contribution in [0.4, 0.5) is 0 Å². The minimum absolute atomic E-state index is 0.0159. The van der Waals surface area contributed by atoms with Gasteiger partial charge in [0.05, 0.1) is 24.4 Å². The number of nitrogens with zero attached hydrogens (tertiary/aromatic N) is 2. The minimum atomic E-state index is -4.88. The summed E-state index contributed by atoms with van der Waals surface area (Å²) in [7, 11) is -4.88. The van der Waals surface area contributed by atoms with E-state index in [-0.39, 0.29) is 68.8 Å². The fourth-order valence-corrected chi connectivity index (χ4v) is 7.50. The van der Waals surface area contributed by atoms with Crippen molar-refractivity contribution < 1.29 is 76.2 Å². The number of amides is 6. The topological polar surface area (TPSA) is 293 Å². The summed E-state index contributed by atoms with van der Waals surface area (Å²) >= 11 is 0. The molecule has 3 aliphatic heterocycles. The van der Waals surface area contributed by atoms with E-state index >= 15 is 0 Å². The molecule has 54 heavy (non-hydrogen) atoms. The fraction of sp³-hybridized carbons (Fsp3) is 0.727. The quantitative estimate of drug-likeness (QED) is 0.0352. The van der Waals surface area contributed by atoms with Gasteiger partial charge < -0.3 is 40.3 Å². The molecule has 9 atom stereocenters. The highest BCUT2D eigenvalue weighted by molar-refractivity contribution is 7.87. The van der Waals surface area contributed by atoms with Crippen molar-refractivity contribution in [1.29, 1.82) is 0 Å². The highest BCUT2D eigenvalue weighted by Gasteiger charge is 2.51. The number of aliphatic hydroxyl groups excluding tert-OH is 3. The Labute approximate surface area is 311 Å². The Hall–Kier alpha value is -3.86. The van der Waals surface area contributed by atoms with E-state index in [1.807, 2.05) is 0 Å². The summed E-state index contributed by atoms with van der Waals surface area (Å²) in [6.45, 7) is 2.03. The number of imide groups is 2. The van der Waals surface area contributed by atoms with Gasteiger partial charge in [-0.3, -0.25) is 38.2 Å². The van der Waals surface area contributed by atoms with Crippen molar-refractivity contribution in [3.63, 3.8) is 0 Å². The monoisotopic (exact) mass is 788 g/mol. The van der Waals surface area contributed by atoms with Crippen molar-refractivity contribution in [3.8, 4) is 0 Å². The maximum atomic E-state index is 13.3. The molecule has 0 spiro atoms. The molecule has 4 aliphatic rings. The van der Waals surface area contributed by atoms with E-state index in [0.717, 1.165) is 4.90 Å². The summed E-state index contributed by atoms with van der Waals surface area (Å²) < 4.78 is 42.5. The molecule has 302 valence electrons. The molecule has 3 fully saturated rings. The van der Waals surface area contributed by atoms with E-state index in [1.54, 1.807) is 19.1 Å². The van der Waals surface area contributed by atoms with Crippen molar-refractivity contribution in [2.45, 2.75) is 107 Å². The molecule has 4 unspecified atom stereocenters. The Morgan fingerprint density at radius 1 is 0.889 bits per heavy atom. The average Bonchev–Trinajstić information content (AvgIpc) is 3.55. The number of hydrogen-bond donors (Lipinski definition) is 6. The Balaban J connectivity index is 1.07. The smallest absolute Gasteiger partial charge is 0.333 e. The van der Waals surface area contributed by atoms with Crippen molar-refractivity contribution in [2.24, 2.45) is 17.8 Å². The van der Waals surface area contributed by atoms with Gasteiger partial charge in [-0.1, -0.05) is 18.6 Å². The summed E-state index contributed by atoms with van der Waals surface area (Å²) in [5, 5.41) is 32.9. The number of carbonyl (C=O) groups excluding carboxylic acids is 7. The fourth-order valence-electron chi connectivity index (χ4n) is 6.79. The molecule has 20 nitrogen and oxygen atoms in total. The van der Waals surface area contributed by atoms with Gasteiger partial charge in [-0.05, 0) is 44.9 Å². The predicted octanol–water partition coefficient (Wildman–Crippen LogP) is -2.17. The average molecular weight is 789 g/mol. The van der Waals surface area contributed by atoms with Crippen LogP contribution in [-0.2, 0) is 58.0 Å². The Bertz CT molecular complexity index is 1570. The number of unbranched alkanes of at least 4 members (excludes halogenated alkanes) is 2. The molecule has 0 aromatic heterocycles. The lowest BCUT2D eigenvalue weighted by molar-refractivity contribution is -0.293. The normalized spacial score (nSPS) is 29.8. The molecule has 4 rings (SSSR count). The highest BCUT2D eigenvalue weighted by atomic mass is 32.2. The molecule has 0 saturated carbocycles. The number of rotatable bonds is 19. The largest absolute Gasteiger partial charge is 0.388 e. The van der Waals surface area contributed by atoms with Gasteiger partial charge in [0.1, 0.15) is 18.3 Å². The standard InChI is InChI=1S/C33H48N4O16S/c1-18-27(42)28(43)29(44)33(52-18)51-16-4-2-3-9-22(38)34-13-14-35-23(39)12-11-19-7-5-8-20-26(19)32(47)36(30(20)45)15-6-10-25(41)53-37-24(40)17-21(31(37)46)54(48,49)50/h5,7,18-21,26-29,33,42-44H,2-4,6,8-17H2,1H3,(H,34,38)(H,35,39)(H,48,49,50)/t18-,19?,20?,21?,26?,27-,28+,29+,33+/m0/s1. The van der Waals surface area contributed by atoms with E-state index in [2.05, 4.69) is 15.5 Å². The van der Waals surface area contributed by atoms with Crippen LogP contribution in [0.2, 0.25) is 0 Å². The first-order valence-electron chi connectivity index (χ1n) is 17.9. The lowest BCUT2D eigenvalue weighted by atomic mass is 9.75. The molecule has 0 aromatic rings. The number of hydroxylamine groups is 2.